The molecule has 3 heteroatoms. The molecule has 1 aromatic carbocycles. The first-order chi connectivity index (χ1) is 7.22. The standard InChI is InChI=1S/C12H12O2S/c1-10(14)15-7-3-6-11-4-2-5-12(8-11)9-13/h2,4-5,8,13H,7,9H2,1H3. The van der Waals surface area contributed by atoms with Crippen LogP contribution in [-0.2, 0) is 11.4 Å². The van der Waals surface area contributed by atoms with Gasteiger partial charge in [0, 0.05) is 12.5 Å². The number of thioether (sulfide) groups is 1. The first kappa shape index (κ1) is 11.8. The second-order valence-corrected chi connectivity index (χ2v) is 4.09. The van der Waals surface area contributed by atoms with Gasteiger partial charge < -0.3 is 5.11 Å². The van der Waals surface area contributed by atoms with E-state index in [1.165, 1.54) is 18.7 Å². The lowest BCUT2D eigenvalue weighted by Gasteiger charge is -1.95. The summed E-state index contributed by atoms with van der Waals surface area (Å²) in [5, 5.41) is 8.99. The normalized spacial score (nSPS) is 9.20. The van der Waals surface area contributed by atoms with Crippen molar-refractivity contribution in [1.29, 1.82) is 0 Å². The molecule has 0 aliphatic carbocycles. The van der Waals surface area contributed by atoms with Crippen LogP contribution < -0.4 is 0 Å². The number of hydrogen-bond acceptors (Lipinski definition) is 3. The molecule has 0 aliphatic heterocycles. The minimum absolute atomic E-state index is 0.0255. The van der Waals surface area contributed by atoms with E-state index in [4.69, 9.17) is 5.11 Å². The monoisotopic (exact) mass is 220 g/mol. The summed E-state index contributed by atoms with van der Waals surface area (Å²) < 4.78 is 0. The van der Waals surface area contributed by atoms with Crippen molar-refractivity contribution in [2.75, 3.05) is 5.75 Å². The number of carbonyl (C=O) groups is 1. The molecule has 0 spiro atoms. The zero-order valence-corrected chi connectivity index (χ0v) is 9.30. The Morgan fingerprint density at radius 1 is 1.53 bits per heavy atom. The van der Waals surface area contributed by atoms with Crippen molar-refractivity contribution >= 4 is 16.9 Å². The lowest BCUT2D eigenvalue weighted by atomic mass is 10.1. The molecule has 1 N–H and O–H groups in total. The molecule has 0 atom stereocenters. The Morgan fingerprint density at radius 3 is 3.00 bits per heavy atom. The molecule has 0 heterocycles. The number of hydrogen-bond donors (Lipinski definition) is 1. The summed E-state index contributed by atoms with van der Waals surface area (Å²) in [7, 11) is 0. The van der Waals surface area contributed by atoms with Crippen LogP contribution >= 0.6 is 11.8 Å². The highest BCUT2D eigenvalue weighted by atomic mass is 32.2. The summed E-state index contributed by atoms with van der Waals surface area (Å²) in [6, 6.07) is 7.42. The van der Waals surface area contributed by atoms with Crippen LogP contribution in [0.5, 0.6) is 0 Å². The molecule has 0 saturated heterocycles. The molecule has 15 heavy (non-hydrogen) atoms. The maximum absolute atomic E-state index is 10.6. The zero-order valence-electron chi connectivity index (χ0n) is 8.49. The summed E-state index contributed by atoms with van der Waals surface area (Å²) in [5.74, 6) is 6.35. The third-order valence-electron chi connectivity index (χ3n) is 1.69. The molecular formula is C12H12O2S. The summed E-state index contributed by atoms with van der Waals surface area (Å²) in [5.41, 5.74) is 1.71. The second-order valence-electron chi connectivity index (χ2n) is 2.94. The van der Waals surface area contributed by atoms with Crippen LogP contribution in [0.2, 0.25) is 0 Å². The maximum atomic E-state index is 10.6. The van der Waals surface area contributed by atoms with Gasteiger partial charge in [0.25, 0.3) is 0 Å². The van der Waals surface area contributed by atoms with Crippen LogP contribution in [0, 0.1) is 11.8 Å². The number of aliphatic hydroxyl groups excluding tert-OH is 1. The van der Waals surface area contributed by atoms with Crippen molar-refractivity contribution in [2.45, 2.75) is 13.5 Å². The van der Waals surface area contributed by atoms with Crippen molar-refractivity contribution < 1.29 is 9.90 Å². The summed E-state index contributed by atoms with van der Waals surface area (Å²) in [6.07, 6.45) is 0. The lowest BCUT2D eigenvalue weighted by molar-refractivity contribution is -0.109. The highest BCUT2D eigenvalue weighted by Gasteiger charge is 1.91. The van der Waals surface area contributed by atoms with Crippen LogP contribution in [0.25, 0.3) is 0 Å². The minimum atomic E-state index is 0.0255. The molecule has 0 unspecified atom stereocenters. The van der Waals surface area contributed by atoms with Gasteiger partial charge in [-0.25, -0.2) is 0 Å². The predicted molar refractivity (Wildman–Crippen MR) is 62.4 cm³/mol. The maximum Gasteiger partial charge on any atom is 0.186 e. The van der Waals surface area contributed by atoms with Crippen LogP contribution in [0.4, 0.5) is 0 Å². The van der Waals surface area contributed by atoms with E-state index in [-0.39, 0.29) is 11.7 Å². The predicted octanol–water partition coefficient (Wildman–Crippen LogP) is 1.81. The average molecular weight is 220 g/mol. The molecule has 0 fully saturated rings. The van der Waals surface area contributed by atoms with E-state index in [0.29, 0.717) is 5.75 Å². The Balaban J connectivity index is 2.59. The topological polar surface area (TPSA) is 37.3 Å². The summed E-state index contributed by atoms with van der Waals surface area (Å²) in [4.78, 5) is 10.6. The van der Waals surface area contributed by atoms with E-state index in [0.717, 1.165) is 11.1 Å². The van der Waals surface area contributed by atoms with Crippen LogP contribution in [-0.4, -0.2) is 16.0 Å². The van der Waals surface area contributed by atoms with Gasteiger partial charge in [-0.15, -0.1) is 0 Å². The lowest BCUT2D eigenvalue weighted by Crippen LogP contribution is -1.85. The van der Waals surface area contributed by atoms with Crippen LogP contribution in [0.15, 0.2) is 24.3 Å². The average Bonchev–Trinajstić information content (AvgIpc) is 2.24. The quantitative estimate of drug-likeness (QED) is 0.772. The largest absolute Gasteiger partial charge is 0.392 e. The highest BCUT2D eigenvalue weighted by Crippen LogP contribution is 2.04. The molecular weight excluding hydrogens is 208 g/mol. The van der Waals surface area contributed by atoms with E-state index in [1.54, 1.807) is 0 Å². The van der Waals surface area contributed by atoms with Gasteiger partial charge in [-0.3, -0.25) is 4.79 Å². The van der Waals surface area contributed by atoms with Crippen molar-refractivity contribution in [1.82, 2.24) is 0 Å². The fourth-order valence-corrected chi connectivity index (χ4v) is 1.37. The molecule has 0 bridgehead atoms. The van der Waals surface area contributed by atoms with Gasteiger partial charge in [-0.2, -0.15) is 0 Å². The molecule has 0 saturated carbocycles. The molecule has 78 valence electrons. The van der Waals surface area contributed by atoms with Gasteiger partial charge >= 0.3 is 0 Å². The first-order valence-electron chi connectivity index (χ1n) is 4.54. The molecule has 0 amide bonds. The molecule has 0 aromatic heterocycles. The summed E-state index contributed by atoms with van der Waals surface area (Å²) >= 11 is 1.20. The Kier molecular flexibility index (Phi) is 4.96. The van der Waals surface area contributed by atoms with Gasteiger partial charge in [0.2, 0.25) is 0 Å². The smallest absolute Gasteiger partial charge is 0.186 e. The molecule has 2 nitrogen and oxygen atoms in total. The molecule has 1 rings (SSSR count). The molecule has 1 aromatic rings. The number of aliphatic hydroxyl groups is 1. The number of rotatable bonds is 2. The van der Waals surface area contributed by atoms with E-state index in [2.05, 4.69) is 11.8 Å². The fourth-order valence-electron chi connectivity index (χ4n) is 1.02. The minimum Gasteiger partial charge on any atom is -0.392 e. The number of carbonyl (C=O) groups excluding carboxylic acids is 1. The molecule has 0 radical (unpaired) electrons. The third kappa shape index (κ3) is 4.68. The third-order valence-corrected chi connectivity index (χ3v) is 2.39. The van der Waals surface area contributed by atoms with E-state index in [9.17, 15) is 4.79 Å². The van der Waals surface area contributed by atoms with Gasteiger partial charge in [0.05, 0.1) is 12.4 Å². The van der Waals surface area contributed by atoms with Gasteiger partial charge in [-0.1, -0.05) is 35.7 Å². The molecule has 0 aliphatic rings. The second kappa shape index (κ2) is 6.28. The van der Waals surface area contributed by atoms with Gasteiger partial charge in [0.15, 0.2) is 5.12 Å². The zero-order chi connectivity index (χ0) is 11.1. The van der Waals surface area contributed by atoms with Crippen molar-refractivity contribution in [3.63, 3.8) is 0 Å². The Hall–Kier alpha value is -1.24. The van der Waals surface area contributed by atoms with Gasteiger partial charge in [-0.05, 0) is 17.7 Å². The first-order valence-corrected chi connectivity index (χ1v) is 5.53. The van der Waals surface area contributed by atoms with Gasteiger partial charge in [0.1, 0.15) is 0 Å². The number of benzene rings is 1. The highest BCUT2D eigenvalue weighted by molar-refractivity contribution is 8.13. The Bertz CT molecular complexity index is 402. The van der Waals surface area contributed by atoms with E-state index in [1.807, 2.05) is 24.3 Å². The van der Waals surface area contributed by atoms with Crippen LogP contribution in [0.3, 0.4) is 0 Å². The van der Waals surface area contributed by atoms with E-state index >= 15 is 0 Å². The van der Waals surface area contributed by atoms with E-state index < -0.39 is 0 Å². The van der Waals surface area contributed by atoms with Crippen LogP contribution in [0.1, 0.15) is 18.1 Å². The fraction of sp³-hybridized carbons (Fsp3) is 0.250. The SMILES string of the molecule is CC(=O)SCC#Cc1cccc(CO)c1. The van der Waals surface area contributed by atoms with Crippen molar-refractivity contribution in [2.24, 2.45) is 0 Å². The Labute approximate surface area is 93.7 Å². The van der Waals surface area contributed by atoms with Crippen molar-refractivity contribution in [3.05, 3.63) is 35.4 Å². The van der Waals surface area contributed by atoms with Crippen molar-refractivity contribution in [3.8, 4) is 11.8 Å². The summed E-state index contributed by atoms with van der Waals surface area (Å²) in [6.45, 7) is 1.55. The Morgan fingerprint density at radius 2 is 2.33 bits per heavy atom.